The van der Waals surface area contributed by atoms with E-state index in [1.807, 2.05) is 0 Å². The van der Waals surface area contributed by atoms with E-state index in [9.17, 15) is 0 Å². The van der Waals surface area contributed by atoms with Crippen LogP contribution in [0.4, 0.5) is 0 Å². The quantitative estimate of drug-likeness (QED) is 0.777. The molecular weight excluding hydrogens is 238 g/mol. The Morgan fingerprint density at radius 3 is 2.44 bits per heavy atom. The monoisotopic (exact) mass is 263 g/mol. The third-order valence-electron chi connectivity index (χ3n) is 4.05. The lowest BCUT2D eigenvalue weighted by atomic mass is 9.89. The summed E-state index contributed by atoms with van der Waals surface area (Å²) in [5.41, 5.74) is 1.41. The van der Waals surface area contributed by atoms with Gasteiger partial charge in [-0.25, -0.2) is 0 Å². The van der Waals surface area contributed by atoms with Crippen LogP contribution in [0.5, 0.6) is 0 Å². The first-order chi connectivity index (χ1) is 8.79. The third kappa shape index (κ3) is 4.03. The van der Waals surface area contributed by atoms with Gasteiger partial charge in [-0.3, -0.25) is 0 Å². The second-order valence-corrected chi connectivity index (χ2v) is 6.29. The highest BCUT2D eigenvalue weighted by Crippen LogP contribution is 2.24. The fourth-order valence-corrected chi connectivity index (χ4v) is 3.15. The molecule has 1 saturated carbocycles. The van der Waals surface area contributed by atoms with Gasteiger partial charge in [-0.05, 0) is 56.2 Å². The molecule has 1 N–H and O–H groups in total. The molecule has 0 bridgehead atoms. The van der Waals surface area contributed by atoms with Crippen LogP contribution in [0.3, 0.4) is 0 Å². The fraction of sp³-hybridized carbons (Fsp3) is 0.625. The van der Waals surface area contributed by atoms with Crippen LogP contribution in [0.1, 0.15) is 50.6 Å². The molecule has 1 aromatic rings. The Balaban J connectivity index is 1.80. The van der Waals surface area contributed by atoms with Gasteiger partial charge in [0.1, 0.15) is 0 Å². The lowest BCUT2D eigenvalue weighted by Gasteiger charge is -2.24. The molecule has 0 aliphatic heterocycles. The van der Waals surface area contributed by atoms with Crippen LogP contribution in [-0.4, -0.2) is 12.8 Å². The normalized spacial score (nSPS) is 18.8. The lowest BCUT2D eigenvalue weighted by Crippen LogP contribution is -2.27. The second kappa shape index (κ2) is 7.20. The summed E-state index contributed by atoms with van der Waals surface area (Å²) < 4.78 is 0. The summed E-state index contributed by atoms with van der Waals surface area (Å²) in [6.45, 7) is 3.46. The zero-order valence-electron chi connectivity index (χ0n) is 11.6. The molecule has 1 atom stereocenters. The van der Waals surface area contributed by atoms with Gasteiger partial charge < -0.3 is 5.32 Å². The van der Waals surface area contributed by atoms with E-state index >= 15 is 0 Å². The summed E-state index contributed by atoms with van der Waals surface area (Å²) in [6.07, 6.45) is 9.28. The SMILES string of the molecule is CSc1ccc(C(C)NCC2CCCCC2)cc1. The molecule has 0 spiro atoms. The predicted molar refractivity (Wildman–Crippen MR) is 81.2 cm³/mol. The third-order valence-corrected chi connectivity index (χ3v) is 4.80. The smallest absolute Gasteiger partial charge is 0.0291 e. The highest BCUT2D eigenvalue weighted by molar-refractivity contribution is 7.98. The van der Waals surface area contributed by atoms with E-state index in [0.29, 0.717) is 6.04 Å². The first-order valence-corrected chi connectivity index (χ1v) is 8.39. The average Bonchev–Trinajstić information content (AvgIpc) is 2.46. The van der Waals surface area contributed by atoms with Crippen LogP contribution in [0.15, 0.2) is 29.2 Å². The molecule has 1 nitrogen and oxygen atoms in total. The molecular formula is C16H25NS. The standard InChI is InChI=1S/C16H25NS/c1-13(15-8-10-16(18-2)11-9-15)17-12-14-6-4-3-5-7-14/h8-11,13-14,17H,3-7,12H2,1-2H3. The van der Waals surface area contributed by atoms with Gasteiger partial charge in [0.05, 0.1) is 0 Å². The largest absolute Gasteiger partial charge is 0.310 e. The zero-order chi connectivity index (χ0) is 12.8. The van der Waals surface area contributed by atoms with Crippen LogP contribution in [-0.2, 0) is 0 Å². The van der Waals surface area contributed by atoms with E-state index in [1.54, 1.807) is 11.8 Å². The Bertz CT molecular complexity index is 341. The molecule has 0 heterocycles. The first-order valence-electron chi connectivity index (χ1n) is 7.17. The summed E-state index contributed by atoms with van der Waals surface area (Å²) in [5.74, 6) is 0.909. The minimum Gasteiger partial charge on any atom is -0.310 e. The van der Waals surface area contributed by atoms with Gasteiger partial charge in [0.2, 0.25) is 0 Å². The van der Waals surface area contributed by atoms with Gasteiger partial charge in [-0.15, -0.1) is 11.8 Å². The summed E-state index contributed by atoms with van der Waals surface area (Å²) >= 11 is 1.80. The van der Waals surface area contributed by atoms with Gasteiger partial charge in [0.25, 0.3) is 0 Å². The summed E-state index contributed by atoms with van der Waals surface area (Å²) in [4.78, 5) is 1.35. The van der Waals surface area contributed by atoms with Crippen molar-refractivity contribution in [3.05, 3.63) is 29.8 Å². The van der Waals surface area contributed by atoms with Crippen LogP contribution in [0.25, 0.3) is 0 Å². The number of rotatable bonds is 5. The minimum absolute atomic E-state index is 0.475. The number of hydrogen-bond acceptors (Lipinski definition) is 2. The number of nitrogens with one attached hydrogen (secondary N) is 1. The van der Waals surface area contributed by atoms with Crippen LogP contribution < -0.4 is 5.32 Å². The Kier molecular flexibility index (Phi) is 5.58. The van der Waals surface area contributed by atoms with E-state index in [0.717, 1.165) is 5.92 Å². The zero-order valence-corrected chi connectivity index (χ0v) is 12.4. The maximum absolute atomic E-state index is 3.70. The van der Waals surface area contributed by atoms with Crippen molar-refractivity contribution >= 4 is 11.8 Å². The fourth-order valence-electron chi connectivity index (χ4n) is 2.75. The summed E-state index contributed by atoms with van der Waals surface area (Å²) in [7, 11) is 0. The van der Waals surface area contributed by atoms with E-state index in [2.05, 4.69) is 42.8 Å². The molecule has 2 heteroatoms. The maximum Gasteiger partial charge on any atom is 0.0291 e. The number of thioether (sulfide) groups is 1. The molecule has 1 fully saturated rings. The van der Waals surface area contributed by atoms with Crippen molar-refractivity contribution < 1.29 is 0 Å². The van der Waals surface area contributed by atoms with Gasteiger partial charge in [0.15, 0.2) is 0 Å². The topological polar surface area (TPSA) is 12.0 Å². The molecule has 2 rings (SSSR count). The van der Waals surface area contributed by atoms with Crippen molar-refractivity contribution in [3.63, 3.8) is 0 Å². The minimum atomic E-state index is 0.475. The van der Waals surface area contributed by atoms with Crippen molar-refractivity contribution in [2.24, 2.45) is 5.92 Å². The lowest BCUT2D eigenvalue weighted by molar-refractivity contribution is 0.331. The van der Waals surface area contributed by atoms with E-state index in [-0.39, 0.29) is 0 Å². The molecule has 1 unspecified atom stereocenters. The Morgan fingerprint density at radius 1 is 1.17 bits per heavy atom. The second-order valence-electron chi connectivity index (χ2n) is 5.41. The summed E-state index contributed by atoms with van der Waals surface area (Å²) in [5, 5.41) is 3.70. The molecule has 100 valence electrons. The molecule has 0 saturated heterocycles. The number of benzene rings is 1. The molecule has 0 radical (unpaired) electrons. The molecule has 18 heavy (non-hydrogen) atoms. The Labute approximate surface area is 116 Å². The van der Waals surface area contributed by atoms with Crippen molar-refractivity contribution in [3.8, 4) is 0 Å². The Hall–Kier alpha value is -0.470. The molecule has 1 aromatic carbocycles. The van der Waals surface area contributed by atoms with Crippen LogP contribution in [0, 0.1) is 5.92 Å². The average molecular weight is 263 g/mol. The maximum atomic E-state index is 3.70. The van der Waals surface area contributed by atoms with Crippen LogP contribution in [0.2, 0.25) is 0 Å². The van der Waals surface area contributed by atoms with Crippen LogP contribution >= 0.6 is 11.8 Å². The van der Waals surface area contributed by atoms with Crippen molar-refractivity contribution in [1.82, 2.24) is 5.32 Å². The molecule has 1 aliphatic rings. The van der Waals surface area contributed by atoms with E-state index < -0.39 is 0 Å². The molecule has 1 aliphatic carbocycles. The Morgan fingerprint density at radius 2 is 1.83 bits per heavy atom. The highest BCUT2D eigenvalue weighted by Gasteiger charge is 2.14. The van der Waals surface area contributed by atoms with Gasteiger partial charge >= 0.3 is 0 Å². The van der Waals surface area contributed by atoms with Gasteiger partial charge in [0, 0.05) is 10.9 Å². The number of hydrogen-bond donors (Lipinski definition) is 1. The summed E-state index contributed by atoms with van der Waals surface area (Å²) in [6, 6.07) is 9.43. The predicted octanol–water partition coefficient (Wildman–Crippen LogP) is 4.64. The van der Waals surface area contributed by atoms with Gasteiger partial charge in [-0.1, -0.05) is 31.4 Å². The molecule has 0 aromatic heterocycles. The molecule has 0 amide bonds. The van der Waals surface area contributed by atoms with E-state index in [1.165, 1.54) is 49.1 Å². The van der Waals surface area contributed by atoms with Crippen molar-refractivity contribution in [2.45, 2.75) is 50.0 Å². The highest BCUT2D eigenvalue weighted by atomic mass is 32.2. The van der Waals surface area contributed by atoms with Crippen molar-refractivity contribution in [2.75, 3.05) is 12.8 Å². The first kappa shape index (κ1) is 14.0. The van der Waals surface area contributed by atoms with Crippen molar-refractivity contribution in [1.29, 1.82) is 0 Å². The van der Waals surface area contributed by atoms with Gasteiger partial charge in [-0.2, -0.15) is 0 Å². The van der Waals surface area contributed by atoms with E-state index in [4.69, 9.17) is 0 Å².